The van der Waals surface area contributed by atoms with E-state index >= 15 is 0 Å². The SMILES string of the molecule is CCC(CC(=O)O)NC(=O)CC(C)(C)N. The molecule has 0 aromatic heterocycles. The minimum Gasteiger partial charge on any atom is -0.481 e. The predicted molar refractivity (Wildman–Crippen MR) is 57.4 cm³/mol. The highest BCUT2D eigenvalue weighted by molar-refractivity contribution is 5.78. The van der Waals surface area contributed by atoms with E-state index in [-0.39, 0.29) is 24.8 Å². The molecule has 0 heterocycles. The summed E-state index contributed by atoms with van der Waals surface area (Å²) < 4.78 is 0. The zero-order valence-electron chi connectivity index (χ0n) is 9.54. The van der Waals surface area contributed by atoms with Crippen molar-refractivity contribution in [2.24, 2.45) is 5.73 Å². The third kappa shape index (κ3) is 7.93. The largest absolute Gasteiger partial charge is 0.481 e. The molecule has 5 nitrogen and oxygen atoms in total. The van der Waals surface area contributed by atoms with E-state index < -0.39 is 11.5 Å². The summed E-state index contributed by atoms with van der Waals surface area (Å²) in [5.74, 6) is -1.11. The van der Waals surface area contributed by atoms with E-state index in [0.29, 0.717) is 6.42 Å². The van der Waals surface area contributed by atoms with Crippen LogP contribution in [0, 0.1) is 0 Å². The standard InChI is InChI=1S/C10H20N2O3/c1-4-7(5-9(14)15)12-8(13)6-10(2,3)11/h7H,4-6,11H2,1-3H3,(H,12,13)(H,14,15). The van der Waals surface area contributed by atoms with Gasteiger partial charge in [0.15, 0.2) is 0 Å². The van der Waals surface area contributed by atoms with Crippen molar-refractivity contribution >= 4 is 11.9 Å². The Balaban J connectivity index is 4.07. The number of carboxylic acids is 1. The molecule has 0 aliphatic heterocycles. The number of nitrogens with two attached hydrogens (primary N) is 1. The van der Waals surface area contributed by atoms with Gasteiger partial charge in [0, 0.05) is 18.0 Å². The lowest BCUT2D eigenvalue weighted by atomic mass is 10.0. The molecule has 0 fully saturated rings. The monoisotopic (exact) mass is 216 g/mol. The highest BCUT2D eigenvalue weighted by Crippen LogP contribution is 2.05. The molecule has 15 heavy (non-hydrogen) atoms. The van der Waals surface area contributed by atoms with E-state index in [1.54, 1.807) is 13.8 Å². The molecule has 0 bridgehead atoms. The highest BCUT2D eigenvalue weighted by atomic mass is 16.4. The van der Waals surface area contributed by atoms with Gasteiger partial charge in [-0.2, -0.15) is 0 Å². The van der Waals surface area contributed by atoms with E-state index in [4.69, 9.17) is 10.8 Å². The molecule has 0 aliphatic carbocycles. The Morgan fingerprint density at radius 1 is 1.47 bits per heavy atom. The quantitative estimate of drug-likeness (QED) is 0.602. The average Bonchev–Trinajstić information content (AvgIpc) is 1.98. The van der Waals surface area contributed by atoms with Crippen molar-refractivity contribution in [2.45, 2.75) is 51.6 Å². The van der Waals surface area contributed by atoms with Crippen LogP contribution in [0.25, 0.3) is 0 Å². The van der Waals surface area contributed by atoms with Crippen LogP contribution in [0.15, 0.2) is 0 Å². The van der Waals surface area contributed by atoms with Gasteiger partial charge >= 0.3 is 5.97 Å². The minimum absolute atomic E-state index is 0.0484. The highest BCUT2D eigenvalue weighted by Gasteiger charge is 2.19. The number of carboxylic acid groups (broad SMARTS) is 1. The zero-order valence-corrected chi connectivity index (χ0v) is 9.54. The van der Waals surface area contributed by atoms with Crippen LogP contribution in [0.3, 0.4) is 0 Å². The number of hydrogen-bond acceptors (Lipinski definition) is 3. The Bertz CT molecular complexity index is 233. The molecular weight excluding hydrogens is 196 g/mol. The number of rotatable bonds is 6. The Kier molecular flexibility index (Phi) is 5.28. The molecule has 0 aromatic rings. The first-order valence-corrected chi connectivity index (χ1v) is 5.04. The van der Waals surface area contributed by atoms with Crippen LogP contribution >= 0.6 is 0 Å². The molecule has 0 aliphatic rings. The molecule has 1 atom stereocenters. The Morgan fingerprint density at radius 3 is 2.33 bits per heavy atom. The molecule has 0 saturated carbocycles. The molecule has 0 saturated heterocycles. The van der Waals surface area contributed by atoms with Crippen molar-refractivity contribution in [1.29, 1.82) is 0 Å². The summed E-state index contributed by atoms with van der Waals surface area (Å²) in [6.45, 7) is 5.34. The van der Waals surface area contributed by atoms with Gasteiger partial charge in [0.2, 0.25) is 5.91 Å². The van der Waals surface area contributed by atoms with Crippen molar-refractivity contribution in [3.8, 4) is 0 Å². The third-order valence-electron chi connectivity index (χ3n) is 1.90. The number of nitrogens with one attached hydrogen (secondary N) is 1. The summed E-state index contributed by atoms with van der Waals surface area (Å²) in [6.07, 6.45) is 0.749. The van der Waals surface area contributed by atoms with Crippen LogP contribution in [0.1, 0.15) is 40.0 Å². The summed E-state index contributed by atoms with van der Waals surface area (Å²) in [5.41, 5.74) is 5.11. The number of aliphatic carboxylic acids is 1. The number of carbonyl (C=O) groups excluding carboxylic acids is 1. The Hall–Kier alpha value is -1.10. The van der Waals surface area contributed by atoms with Gasteiger partial charge in [-0.25, -0.2) is 0 Å². The fraction of sp³-hybridized carbons (Fsp3) is 0.800. The molecule has 88 valence electrons. The number of amides is 1. The van der Waals surface area contributed by atoms with Crippen molar-refractivity contribution in [1.82, 2.24) is 5.32 Å². The van der Waals surface area contributed by atoms with Gasteiger partial charge in [0.1, 0.15) is 0 Å². The lowest BCUT2D eigenvalue weighted by Gasteiger charge is -2.20. The molecule has 5 heteroatoms. The van der Waals surface area contributed by atoms with E-state index in [1.807, 2.05) is 6.92 Å². The van der Waals surface area contributed by atoms with Crippen LogP contribution in [0.5, 0.6) is 0 Å². The maximum atomic E-state index is 11.4. The van der Waals surface area contributed by atoms with Gasteiger partial charge in [-0.1, -0.05) is 6.92 Å². The second kappa shape index (κ2) is 5.70. The van der Waals surface area contributed by atoms with Gasteiger partial charge < -0.3 is 16.2 Å². The topological polar surface area (TPSA) is 92.4 Å². The fourth-order valence-corrected chi connectivity index (χ4v) is 1.20. The third-order valence-corrected chi connectivity index (χ3v) is 1.90. The fourth-order valence-electron chi connectivity index (χ4n) is 1.20. The van der Waals surface area contributed by atoms with Crippen molar-refractivity contribution in [3.05, 3.63) is 0 Å². The van der Waals surface area contributed by atoms with Gasteiger partial charge in [-0.05, 0) is 20.3 Å². The predicted octanol–water partition coefficient (Wildman–Crippen LogP) is 0.483. The lowest BCUT2D eigenvalue weighted by Crippen LogP contribution is -2.43. The maximum absolute atomic E-state index is 11.4. The first kappa shape index (κ1) is 13.9. The van der Waals surface area contributed by atoms with Crippen molar-refractivity contribution in [3.63, 3.8) is 0 Å². The smallest absolute Gasteiger partial charge is 0.305 e. The molecule has 1 unspecified atom stereocenters. The second-order valence-corrected chi connectivity index (χ2v) is 4.44. The van der Waals surface area contributed by atoms with Crippen LogP contribution in [0.2, 0.25) is 0 Å². The molecule has 0 spiro atoms. The van der Waals surface area contributed by atoms with Crippen molar-refractivity contribution in [2.75, 3.05) is 0 Å². The molecular formula is C10H20N2O3. The Labute approximate surface area is 90.0 Å². The molecule has 4 N–H and O–H groups in total. The zero-order chi connectivity index (χ0) is 12.1. The summed E-state index contributed by atoms with van der Waals surface area (Å²) in [7, 11) is 0. The van der Waals surface area contributed by atoms with Gasteiger partial charge in [-0.15, -0.1) is 0 Å². The summed E-state index contributed by atoms with van der Waals surface area (Å²) in [6, 6.07) is -0.308. The molecule has 0 rings (SSSR count). The first-order chi connectivity index (χ1) is 6.74. The summed E-state index contributed by atoms with van der Waals surface area (Å²) in [5, 5.41) is 11.2. The van der Waals surface area contributed by atoms with E-state index in [0.717, 1.165) is 0 Å². The van der Waals surface area contributed by atoms with Gasteiger partial charge in [-0.3, -0.25) is 9.59 Å². The lowest BCUT2D eigenvalue weighted by molar-refractivity contribution is -0.137. The normalized spacial score (nSPS) is 13.3. The average molecular weight is 216 g/mol. The maximum Gasteiger partial charge on any atom is 0.305 e. The van der Waals surface area contributed by atoms with E-state index in [9.17, 15) is 9.59 Å². The van der Waals surface area contributed by atoms with Crippen molar-refractivity contribution < 1.29 is 14.7 Å². The minimum atomic E-state index is -0.908. The summed E-state index contributed by atoms with van der Waals surface area (Å²) in [4.78, 5) is 21.9. The molecule has 0 aromatic carbocycles. The van der Waals surface area contributed by atoms with Crippen LogP contribution in [-0.4, -0.2) is 28.6 Å². The summed E-state index contributed by atoms with van der Waals surface area (Å²) >= 11 is 0. The first-order valence-electron chi connectivity index (χ1n) is 5.04. The van der Waals surface area contributed by atoms with E-state index in [2.05, 4.69) is 5.32 Å². The second-order valence-electron chi connectivity index (χ2n) is 4.44. The van der Waals surface area contributed by atoms with Gasteiger partial charge in [0.25, 0.3) is 0 Å². The van der Waals surface area contributed by atoms with Crippen LogP contribution < -0.4 is 11.1 Å². The Morgan fingerprint density at radius 2 is 2.00 bits per heavy atom. The van der Waals surface area contributed by atoms with Crippen LogP contribution in [0.4, 0.5) is 0 Å². The number of carbonyl (C=O) groups is 2. The van der Waals surface area contributed by atoms with E-state index in [1.165, 1.54) is 0 Å². The molecule has 0 radical (unpaired) electrons. The van der Waals surface area contributed by atoms with Gasteiger partial charge in [0.05, 0.1) is 6.42 Å². The van der Waals surface area contributed by atoms with Crippen LogP contribution in [-0.2, 0) is 9.59 Å². The number of hydrogen-bond donors (Lipinski definition) is 3. The molecule has 1 amide bonds.